The van der Waals surface area contributed by atoms with Gasteiger partial charge in [-0.2, -0.15) is 9.77 Å². The number of aromatic amines is 1. The Kier molecular flexibility index (Phi) is 3.59. The fourth-order valence-electron chi connectivity index (χ4n) is 0.976. The minimum Gasteiger partial charge on any atom is -0.478 e. The third-order valence-corrected chi connectivity index (χ3v) is 1.66. The molecule has 0 bridgehead atoms. The Morgan fingerprint density at radius 3 is 2.81 bits per heavy atom. The molecule has 0 atom stereocenters. The number of rotatable bonds is 4. The van der Waals surface area contributed by atoms with Crippen LogP contribution in [-0.4, -0.2) is 31.9 Å². The first-order valence-electron chi connectivity index (χ1n) is 4.43. The van der Waals surface area contributed by atoms with Crippen LogP contribution in [0.25, 0.3) is 0 Å². The van der Waals surface area contributed by atoms with Gasteiger partial charge in [0.2, 0.25) is 0 Å². The third kappa shape index (κ3) is 2.80. The predicted octanol–water partition coefficient (Wildman–Crippen LogP) is -1.16. The SMILES string of the molecule is CCc1n[nH]c(=O)n1NC(=O)/C=C\C(=O)O. The summed E-state index contributed by atoms with van der Waals surface area (Å²) in [5.41, 5.74) is 1.60. The van der Waals surface area contributed by atoms with E-state index in [1.165, 1.54) is 0 Å². The van der Waals surface area contributed by atoms with Crippen molar-refractivity contribution in [3.8, 4) is 0 Å². The lowest BCUT2D eigenvalue weighted by Crippen LogP contribution is -2.31. The quantitative estimate of drug-likeness (QED) is 0.560. The number of carbonyl (C=O) groups excluding carboxylic acids is 1. The second-order valence-electron chi connectivity index (χ2n) is 2.78. The Morgan fingerprint density at radius 1 is 1.56 bits per heavy atom. The van der Waals surface area contributed by atoms with Gasteiger partial charge in [-0.25, -0.2) is 14.7 Å². The molecule has 0 aliphatic heterocycles. The van der Waals surface area contributed by atoms with Gasteiger partial charge in [-0.1, -0.05) is 6.92 Å². The number of nitrogens with zero attached hydrogens (tertiary/aromatic N) is 2. The number of H-pyrrole nitrogens is 1. The van der Waals surface area contributed by atoms with E-state index in [0.717, 1.165) is 10.8 Å². The summed E-state index contributed by atoms with van der Waals surface area (Å²) in [7, 11) is 0. The van der Waals surface area contributed by atoms with Crippen LogP contribution in [-0.2, 0) is 16.0 Å². The molecule has 0 radical (unpaired) electrons. The maximum atomic E-state index is 11.2. The van der Waals surface area contributed by atoms with Crippen molar-refractivity contribution in [1.29, 1.82) is 0 Å². The topological polar surface area (TPSA) is 117 Å². The standard InChI is InChI=1S/C8H10N4O4/c1-2-5-9-10-8(16)12(5)11-6(13)3-4-7(14)15/h3-4H,2H2,1H3,(H,10,16)(H,11,13)(H,14,15)/b4-3-. The number of amides is 1. The fourth-order valence-corrected chi connectivity index (χ4v) is 0.976. The first-order valence-corrected chi connectivity index (χ1v) is 4.43. The lowest BCUT2D eigenvalue weighted by Gasteiger charge is -2.02. The lowest BCUT2D eigenvalue weighted by atomic mass is 10.4. The highest BCUT2D eigenvalue weighted by Gasteiger charge is 2.07. The normalized spacial score (nSPS) is 10.6. The summed E-state index contributed by atoms with van der Waals surface area (Å²) in [5, 5.41) is 14.1. The third-order valence-electron chi connectivity index (χ3n) is 1.66. The maximum Gasteiger partial charge on any atom is 0.362 e. The van der Waals surface area contributed by atoms with Gasteiger partial charge in [-0.15, -0.1) is 0 Å². The van der Waals surface area contributed by atoms with E-state index in [0.29, 0.717) is 18.3 Å². The lowest BCUT2D eigenvalue weighted by molar-refractivity contribution is -0.131. The monoisotopic (exact) mass is 226 g/mol. The van der Waals surface area contributed by atoms with Crippen molar-refractivity contribution in [3.05, 3.63) is 28.5 Å². The number of hydrogen-bond acceptors (Lipinski definition) is 4. The molecule has 1 amide bonds. The molecular weight excluding hydrogens is 216 g/mol. The van der Waals surface area contributed by atoms with Crippen molar-refractivity contribution in [2.24, 2.45) is 0 Å². The molecule has 0 saturated carbocycles. The summed E-state index contributed by atoms with van der Waals surface area (Å²) in [6.45, 7) is 1.76. The molecule has 0 unspecified atom stereocenters. The second kappa shape index (κ2) is 4.91. The Morgan fingerprint density at radius 2 is 2.25 bits per heavy atom. The molecule has 3 N–H and O–H groups in total. The molecule has 1 aromatic rings. The summed E-state index contributed by atoms with van der Waals surface area (Å²) in [4.78, 5) is 32.5. The maximum absolute atomic E-state index is 11.2. The van der Waals surface area contributed by atoms with E-state index in [4.69, 9.17) is 5.11 Å². The molecule has 8 nitrogen and oxygen atoms in total. The number of carboxylic acids is 1. The van der Waals surface area contributed by atoms with Gasteiger partial charge in [0.15, 0.2) is 5.82 Å². The van der Waals surface area contributed by atoms with Crippen LogP contribution in [0.3, 0.4) is 0 Å². The van der Waals surface area contributed by atoms with E-state index in [1.807, 2.05) is 0 Å². The fraction of sp³-hybridized carbons (Fsp3) is 0.250. The Labute approximate surface area is 89.6 Å². The van der Waals surface area contributed by atoms with Gasteiger partial charge in [-0.05, 0) is 0 Å². The van der Waals surface area contributed by atoms with Crippen molar-refractivity contribution < 1.29 is 14.7 Å². The molecule has 0 aliphatic carbocycles. The van der Waals surface area contributed by atoms with E-state index in [1.54, 1.807) is 6.92 Å². The Balaban J connectivity index is 2.80. The number of hydrogen-bond donors (Lipinski definition) is 3. The number of aromatic nitrogens is 3. The summed E-state index contributed by atoms with van der Waals surface area (Å²) in [6, 6.07) is 0. The van der Waals surface area contributed by atoms with Crippen LogP contribution in [0.5, 0.6) is 0 Å². The van der Waals surface area contributed by atoms with Gasteiger partial charge < -0.3 is 5.11 Å². The molecule has 0 spiro atoms. The van der Waals surface area contributed by atoms with Crippen molar-refractivity contribution in [2.75, 3.05) is 5.43 Å². The van der Waals surface area contributed by atoms with Crippen LogP contribution < -0.4 is 11.1 Å². The zero-order valence-corrected chi connectivity index (χ0v) is 8.43. The van der Waals surface area contributed by atoms with Crippen LogP contribution in [0.1, 0.15) is 12.7 Å². The molecule has 8 heteroatoms. The molecule has 1 rings (SSSR count). The minimum absolute atomic E-state index is 0.349. The van der Waals surface area contributed by atoms with Crippen LogP contribution in [0.15, 0.2) is 16.9 Å². The van der Waals surface area contributed by atoms with E-state index >= 15 is 0 Å². The van der Waals surface area contributed by atoms with Gasteiger partial charge in [0.1, 0.15) is 0 Å². The highest BCUT2D eigenvalue weighted by Crippen LogP contribution is 1.88. The smallest absolute Gasteiger partial charge is 0.362 e. The molecular formula is C8H10N4O4. The summed E-state index contributed by atoms with van der Waals surface area (Å²) >= 11 is 0. The van der Waals surface area contributed by atoms with E-state index in [2.05, 4.69) is 15.6 Å². The van der Waals surface area contributed by atoms with Crippen LogP contribution >= 0.6 is 0 Å². The van der Waals surface area contributed by atoms with Crippen LogP contribution in [0, 0.1) is 0 Å². The summed E-state index contributed by atoms with van der Waals surface area (Å²) in [5.74, 6) is -1.62. The number of carbonyl (C=O) groups is 2. The summed E-state index contributed by atoms with van der Waals surface area (Å²) < 4.78 is 0.925. The highest BCUT2D eigenvalue weighted by atomic mass is 16.4. The van der Waals surface area contributed by atoms with Crippen molar-refractivity contribution in [3.63, 3.8) is 0 Å². The average molecular weight is 226 g/mol. The molecule has 1 aromatic heterocycles. The van der Waals surface area contributed by atoms with Crippen molar-refractivity contribution in [1.82, 2.24) is 14.9 Å². The van der Waals surface area contributed by atoms with Gasteiger partial charge in [-0.3, -0.25) is 10.2 Å². The van der Waals surface area contributed by atoms with Gasteiger partial charge in [0.05, 0.1) is 0 Å². The average Bonchev–Trinajstić information content (AvgIpc) is 2.57. The summed E-state index contributed by atoms with van der Waals surface area (Å²) in [6.07, 6.45) is 1.93. The molecule has 1 heterocycles. The van der Waals surface area contributed by atoms with Crippen LogP contribution in [0.4, 0.5) is 0 Å². The van der Waals surface area contributed by atoms with E-state index < -0.39 is 17.6 Å². The first kappa shape index (κ1) is 11.7. The number of nitrogens with one attached hydrogen (secondary N) is 2. The molecule has 0 saturated heterocycles. The molecule has 16 heavy (non-hydrogen) atoms. The van der Waals surface area contributed by atoms with Gasteiger partial charge in [0.25, 0.3) is 5.91 Å². The minimum atomic E-state index is -1.24. The zero-order valence-electron chi connectivity index (χ0n) is 8.43. The Bertz CT molecular complexity index is 484. The largest absolute Gasteiger partial charge is 0.478 e. The van der Waals surface area contributed by atoms with Gasteiger partial charge in [0, 0.05) is 18.6 Å². The molecule has 0 aliphatic rings. The van der Waals surface area contributed by atoms with Crippen molar-refractivity contribution >= 4 is 11.9 Å². The predicted molar refractivity (Wildman–Crippen MR) is 53.4 cm³/mol. The number of aryl methyl sites for hydroxylation is 1. The number of aliphatic carboxylic acids is 1. The Hall–Kier alpha value is -2.38. The highest BCUT2D eigenvalue weighted by molar-refractivity contribution is 5.98. The van der Waals surface area contributed by atoms with Crippen LogP contribution in [0.2, 0.25) is 0 Å². The molecule has 0 fully saturated rings. The second-order valence-corrected chi connectivity index (χ2v) is 2.78. The van der Waals surface area contributed by atoms with E-state index in [-0.39, 0.29) is 0 Å². The molecule has 0 aromatic carbocycles. The molecule has 86 valence electrons. The zero-order chi connectivity index (χ0) is 12.1. The van der Waals surface area contributed by atoms with Gasteiger partial charge >= 0.3 is 11.7 Å². The van der Waals surface area contributed by atoms with E-state index in [9.17, 15) is 14.4 Å². The first-order chi connectivity index (χ1) is 7.54. The van der Waals surface area contributed by atoms with Crippen molar-refractivity contribution in [2.45, 2.75) is 13.3 Å². The number of carboxylic acid groups (broad SMARTS) is 1.